The van der Waals surface area contributed by atoms with Crippen LogP contribution in [-0.2, 0) is 49.9 Å². The van der Waals surface area contributed by atoms with Gasteiger partial charge in [0.25, 0.3) is 5.91 Å². The van der Waals surface area contributed by atoms with Gasteiger partial charge in [-0.3, -0.25) is 24.0 Å². The van der Waals surface area contributed by atoms with Gasteiger partial charge in [0.15, 0.2) is 0 Å². The zero-order chi connectivity index (χ0) is 38.7. The second kappa shape index (κ2) is 21.8. The Balaban J connectivity index is 1.54. The Bertz CT molecular complexity index is 1770. The minimum Gasteiger partial charge on any atom is -0.352 e. The van der Waals surface area contributed by atoms with Crippen molar-refractivity contribution in [2.24, 2.45) is 5.92 Å². The van der Waals surface area contributed by atoms with Gasteiger partial charge in [-0.2, -0.15) is 0 Å². The molecule has 4 aromatic carbocycles. The Labute approximate surface area is 319 Å². The molecule has 0 bridgehead atoms. The summed E-state index contributed by atoms with van der Waals surface area (Å²) < 4.78 is 0. The number of carbonyl (C=O) groups excluding carboxylic acids is 5. The maximum absolute atomic E-state index is 14.8. The molecule has 284 valence electrons. The van der Waals surface area contributed by atoms with Gasteiger partial charge < -0.3 is 26.2 Å². The van der Waals surface area contributed by atoms with Gasteiger partial charge in [-0.1, -0.05) is 135 Å². The van der Waals surface area contributed by atoms with Crippen LogP contribution in [0.3, 0.4) is 0 Å². The van der Waals surface area contributed by atoms with Gasteiger partial charge in [0.05, 0.1) is 12.1 Å². The van der Waals surface area contributed by atoms with Crippen LogP contribution in [0.1, 0.15) is 55.9 Å². The van der Waals surface area contributed by atoms with E-state index >= 15 is 0 Å². The molecule has 10 heteroatoms. The lowest BCUT2D eigenvalue weighted by Crippen LogP contribution is -2.58. The van der Waals surface area contributed by atoms with Crippen LogP contribution in [0.2, 0.25) is 0 Å². The first-order valence-electron chi connectivity index (χ1n) is 18.7. The summed E-state index contributed by atoms with van der Waals surface area (Å²) in [5.41, 5.74) is 3.58. The molecule has 4 N–H and O–H groups in total. The molecule has 0 saturated carbocycles. The van der Waals surface area contributed by atoms with Gasteiger partial charge in [-0.15, -0.1) is 0 Å². The number of ketones is 1. The maximum Gasteiger partial charge on any atom is 0.289 e. The molecule has 0 aliphatic rings. The van der Waals surface area contributed by atoms with Crippen LogP contribution in [0.4, 0.5) is 0 Å². The fraction of sp³-hybridized carbons (Fsp3) is 0.341. The van der Waals surface area contributed by atoms with E-state index in [2.05, 4.69) is 35.1 Å². The summed E-state index contributed by atoms with van der Waals surface area (Å²) in [5.74, 6) is -2.35. The number of Topliss-reactive ketones (excluding diaryl/α,β-unsaturated/α-hetero) is 1. The smallest absolute Gasteiger partial charge is 0.289 e. The van der Waals surface area contributed by atoms with E-state index in [1.807, 2.05) is 121 Å². The average Bonchev–Trinajstić information content (AvgIpc) is 3.19. The van der Waals surface area contributed by atoms with E-state index in [4.69, 9.17) is 0 Å². The molecule has 10 nitrogen and oxygen atoms in total. The summed E-state index contributed by atoms with van der Waals surface area (Å²) >= 11 is 0. The zero-order valence-corrected chi connectivity index (χ0v) is 31.5. The van der Waals surface area contributed by atoms with E-state index in [0.29, 0.717) is 19.4 Å². The van der Waals surface area contributed by atoms with Crippen molar-refractivity contribution in [3.05, 3.63) is 144 Å². The molecule has 4 rings (SSSR count). The van der Waals surface area contributed by atoms with Crippen molar-refractivity contribution in [2.45, 2.75) is 77.7 Å². The first kappa shape index (κ1) is 41.2. The van der Waals surface area contributed by atoms with E-state index < -0.39 is 35.7 Å². The van der Waals surface area contributed by atoms with Crippen LogP contribution in [0.5, 0.6) is 0 Å². The third-order valence-electron chi connectivity index (χ3n) is 9.11. The van der Waals surface area contributed by atoms with Gasteiger partial charge in [-0.25, -0.2) is 0 Å². The van der Waals surface area contributed by atoms with Crippen molar-refractivity contribution in [1.29, 1.82) is 0 Å². The SMILES string of the molecule is CC(C)CCN(C(=O)[C@H](Cc1ccccc1)NCCC(=O)NCc1ccccc1)C(Cc1ccccc1)C(=O)NC(C)C(=O)C(=O)NCc1ccccc1. The third kappa shape index (κ3) is 13.7. The second-order valence-corrected chi connectivity index (χ2v) is 13.9. The summed E-state index contributed by atoms with van der Waals surface area (Å²) in [5, 5.41) is 11.7. The Morgan fingerprint density at radius 1 is 0.611 bits per heavy atom. The molecule has 0 aliphatic carbocycles. The van der Waals surface area contributed by atoms with Crippen molar-refractivity contribution in [3.8, 4) is 0 Å². The van der Waals surface area contributed by atoms with E-state index in [-0.39, 0.29) is 50.2 Å². The molecule has 0 saturated heterocycles. The van der Waals surface area contributed by atoms with Crippen LogP contribution < -0.4 is 21.3 Å². The lowest BCUT2D eigenvalue weighted by atomic mass is 9.98. The minimum atomic E-state index is -1.14. The highest BCUT2D eigenvalue weighted by Crippen LogP contribution is 2.17. The molecular formula is C44H53N5O5. The average molecular weight is 732 g/mol. The largest absolute Gasteiger partial charge is 0.352 e. The molecule has 4 aromatic rings. The highest BCUT2D eigenvalue weighted by Gasteiger charge is 2.35. The Morgan fingerprint density at radius 3 is 1.61 bits per heavy atom. The summed E-state index contributed by atoms with van der Waals surface area (Å²) in [6.07, 6.45) is 1.30. The normalized spacial score (nSPS) is 12.6. The topological polar surface area (TPSA) is 137 Å². The van der Waals surface area contributed by atoms with Crippen molar-refractivity contribution in [3.63, 3.8) is 0 Å². The molecule has 54 heavy (non-hydrogen) atoms. The molecule has 3 atom stereocenters. The van der Waals surface area contributed by atoms with E-state index in [9.17, 15) is 24.0 Å². The summed E-state index contributed by atoms with van der Waals surface area (Å²) in [6.45, 7) is 6.68. The van der Waals surface area contributed by atoms with Crippen molar-refractivity contribution < 1.29 is 24.0 Å². The predicted molar refractivity (Wildman–Crippen MR) is 211 cm³/mol. The Morgan fingerprint density at radius 2 is 1.09 bits per heavy atom. The molecular weight excluding hydrogens is 679 g/mol. The highest BCUT2D eigenvalue weighted by molar-refractivity contribution is 6.38. The number of hydrogen-bond acceptors (Lipinski definition) is 6. The van der Waals surface area contributed by atoms with Gasteiger partial charge in [0, 0.05) is 39.0 Å². The summed E-state index contributed by atoms with van der Waals surface area (Å²) in [7, 11) is 0. The number of rotatable bonds is 21. The number of benzene rings is 4. The summed E-state index contributed by atoms with van der Waals surface area (Å²) in [6, 6.07) is 35.0. The Kier molecular flexibility index (Phi) is 16.6. The molecule has 0 fully saturated rings. The monoisotopic (exact) mass is 731 g/mol. The van der Waals surface area contributed by atoms with Crippen LogP contribution in [0, 0.1) is 5.92 Å². The molecule has 0 aliphatic heterocycles. The van der Waals surface area contributed by atoms with Crippen molar-refractivity contribution in [2.75, 3.05) is 13.1 Å². The van der Waals surface area contributed by atoms with Crippen LogP contribution in [-0.4, -0.2) is 65.5 Å². The van der Waals surface area contributed by atoms with Gasteiger partial charge in [0.2, 0.25) is 23.5 Å². The van der Waals surface area contributed by atoms with Crippen molar-refractivity contribution >= 4 is 29.4 Å². The molecule has 4 amide bonds. The standard InChI is InChI=1S/C44H53N5O5/c1-32(2)25-27-49(44(54)38(28-34-16-8-4-9-17-34)45-26-24-40(50)46-30-36-20-12-6-13-21-36)39(29-35-18-10-5-11-19-35)42(52)48-33(3)41(51)43(53)47-31-37-22-14-7-15-23-37/h4-23,32-33,38-39,45H,24-31H2,1-3H3,(H,46,50)(H,47,53)(H,48,52)/t33?,38-,39?/m0/s1. The molecule has 0 aromatic heterocycles. The van der Waals surface area contributed by atoms with Crippen LogP contribution >= 0.6 is 0 Å². The molecule has 0 heterocycles. The maximum atomic E-state index is 14.8. The van der Waals surface area contributed by atoms with Crippen LogP contribution in [0.25, 0.3) is 0 Å². The van der Waals surface area contributed by atoms with Crippen LogP contribution in [0.15, 0.2) is 121 Å². The molecule has 0 radical (unpaired) electrons. The summed E-state index contributed by atoms with van der Waals surface area (Å²) in [4.78, 5) is 69.4. The van der Waals surface area contributed by atoms with E-state index in [1.165, 1.54) is 6.92 Å². The number of nitrogens with zero attached hydrogens (tertiary/aromatic N) is 1. The third-order valence-corrected chi connectivity index (χ3v) is 9.11. The molecule has 0 spiro atoms. The van der Waals surface area contributed by atoms with Crippen molar-refractivity contribution in [1.82, 2.24) is 26.2 Å². The van der Waals surface area contributed by atoms with Gasteiger partial charge >= 0.3 is 0 Å². The number of amides is 4. The predicted octanol–water partition coefficient (Wildman–Crippen LogP) is 4.77. The highest BCUT2D eigenvalue weighted by atomic mass is 16.2. The number of carbonyl (C=O) groups is 5. The Hall–Kier alpha value is -5.61. The minimum absolute atomic E-state index is 0.150. The van der Waals surface area contributed by atoms with E-state index in [1.54, 1.807) is 4.90 Å². The quantitative estimate of drug-likeness (QED) is 0.0913. The lowest BCUT2D eigenvalue weighted by Gasteiger charge is -2.35. The molecule has 2 unspecified atom stereocenters. The lowest BCUT2D eigenvalue weighted by molar-refractivity contribution is -0.144. The van der Waals surface area contributed by atoms with Gasteiger partial charge in [-0.05, 0) is 47.9 Å². The zero-order valence-electron chi connectivity index (χ0n) is 31.5. The number of nitrogens with one attached hydrogen (secondary N) is 4. The van der Waals surface area contributed by atoms with Gasteiger partial charge in [0.1, 0.15) is 6.04 Å². The van der Waals surface area contributed by atoms with E-state index in [0.717, 1.165) is 22.3 Å². The first-order chi connectivity index (χ1) is 26.1. The fourth-order valence-corrected chi connectivity index (χ4v) is 5.98. The number of hydrogen-bond donors (Lipinski definition) is 4. The fourth-order valence-electron chi connectivity index (χ4n) is 5.98. The first-order valence-corrected chi connectivity index (χ1v) is 18.7. The second-order valence-electron chi connectivity index (χ2n) is 13.9.